The normalized spacial score (nSPS) is 18.8. The SMILES string of the molecule is Cc1cc(NC(=O)CCC2CCNCC2)ccc1OC1CCOCC1.Cl. The number of nitrogens with one attached hydrogen (secondary N) is 2. The fourth-order valence-corrected chi connectivity index (χ4v) is 3.56. The lowest BCUT2D eigenvalue weighted by Gasteiger charge is -2.24. The lowest BCUT2D eigenvalue weighted by molar-refractivity contribution is -0.116. The molecule has 26 heavy (non-hydrogen) atoms. The van der Waals surface area contributed by atoms with Crippen molar-refractivity contribution in [3.8, 4) is 5.75 Å². The lowest BCUT2D eigenvalue weighted by atomic mass is 9.93. The summed E-state index contributed by atoms with van der Waals surface area (Å²) in [6, 6.07) is 5.90. The molecule has 5 nitrogen and oxygen atoms in total. The maximum absolute atomic E-state index is 12.2. The molecular weight excluding hydrogens is 352 g/mol. The van der Waals surface area contributed by atoms with Crippen LogP contribution in [0.3, 0.4) is 0 Å². The number of anilines is 1. The lowest BCUT2D eigenvalue weighted by Crippen LogP contribution is -2.28. The van der Waals surface area contributed by atoms with Crippen LogP contribution in [0, 0.1) is 12.8 Å². The van der Waals surface area contributed by atoms with E-state index in [-0.39, 0.29) is 24.4 Å². The molecule has 3 rings (SSSR count). The first kappa shape index (κ1) is 21.0. The van der Waals surface area contributed by atoms with Crippen molar-refractivity contribution >= 4 is 24.0 Å². The van der Waals surface area contributed by atoms with Crippen LogP contribution in [0.15, 0.2) is 18.2 Å². The van der Waals surface area contributed by atoms with E-state index in [1.807, 2.05) is 25.1 Å². The Morgan fingerprint density at radius 2 is 1.96 bits per heavy atom. The molecular formula is C20H31ClN2O3. The van der Waals surface area contributed by atoms with Gasteiger partial charge < -0.3 is 20.1 Å². The van der Waals surface area contributed by atoms with Crippen molar-refractivity contribution in [1.82, 2.24) is 5.32 Å². The molecule has 2 heterocycles. The van der Waals surface area contributed by atoms with Gasteiger partial charge in [0, 0.05) is 24.9 Å². The summed E-state index contributed by atoms with van der Waals surface area (Å²) in [6.07, 6.45) is 6.07. The largest absolute Gasteiger partial charge is 0.490 e. The van der Waals surface area contributed by atoms with Gasteiger partial charge in [-0.2, -0.15) is 0 Å². The second-order valence-electron chi connectivity index (χ2n) is 7.19. The number of ether oxygens (including phenoxy) is 2. The molecule has 2 aliphatic heterocycles. The number of aryl methyl sites for hydroxylation is 1. The molecule has 0 unspecified atom stereocenters. The van der Waals surface area contributed by atoms with Crippen LogP contribution < -0.4 is 15.4 Å². The number of benzene rings is 1. The first-order valence-corrected chi connectivity index (χ1v) is 9.56. The van der Waals surface area contributed by atoms with Gasteiger partial charge >= 0.3 is 0 Å². The fraction of sp³-hybridized carbons (Fsp3) is 0.650. The van der Waals surface area contributed by atoms with Gasteiger partial charge in [0.25, 0.3) is 0 Å². The third-order valence-corrected chi connectivity index (χ3v) is 5.16. The van der Waals surface area contributed by atoms with Gasteiger partial charge in [0.05, 0.1) is 13.2 Å². The number of carbonyl (C=O) groups is 1. The van der Waals surface area contributed by atoms with Gasteiger partial charge in [-0.05, 0) is 69.0 Å². The van der Waals surface area contributed by atoms with Crippen LogP contribution in [0.2, 0.25) is 0 Å². The van der Waals surface area contributed by atoms with E-state index in [4.69, 9.17) is 9.47 Å². The van der Waals surface area contributed by atoms with Crippen LogP contribution in [0.4, 0.5) is 5.69 Å². The van der Waals surface area contributed by atoms with Crippen molar-refractivity contribution < 1.29 is 14.3 Å². The van der Waals surface area contributed by atoms with E-state index in [9.17, 15) is 4.79 Å². The predicted molar refractivity (Wildman–Crippen MR) is 106 cm³/mol. The minimum Gasteiger partial charge on any atom is -0.490 e. The van der Waals surface area contributed by atoms with Gasteiger partial charge in [0.15, 0.2) is 0 Å². The van der Waals surface area contributed by atoms with E-state index in [1.54, 1.807) is 0 Å². The monoisotopic (exact) mass is 382 g/mol. The average Bonchev–Trinajstić information content (AvgIpc) is 2.64. The standard InChI is InChI=1S/C20H30N2O3.ClH/c1-15-14-17(3-4-19(15)25-18-8-12-24-13-9-18)22-20(23)5-2-16-6-10-21-11-7-16;/h3-4,14,16,18,21H,2,5-13H2,1H3,(H,22,23);1H. The van der Waals surface area contributed by atoms with E-state index in [0.717, 1.165) is 62.6 Å². The Morgan fingerprint density at radius 3 is 2.65 bits per heavy atom. The molecule has 2 fully saturated rings. The molecule has 2 aliphatic rings. The number of amides is 1. The van der Waals surface area contributed by atoms with Gasteiger partial charge in [-0.25, -0.2) is 0 Å². The zero-order valence-electron chi connectivity index (χ0n) is 15.6. The van der Waals surface area contributed by atoms with Gasteiger partial charge in [0.2, 0.25) is 5.91 Å². The first-order valence-electron chi connectivity index (χ1n) is 9.56. The van der Waals surface area contributed by atoms with Gasteiger partial charge in [-0.3, -0.25) is 4.79 Å². The summed E-state index contributed by atoms with van der Waals surface area (Å²) < 4.78 is 11.4. The van der Waals surface area contributed by atoms with Gasteiger partial charge in [0.1, 0.15) is 11.9 Å². The number of carbonyl (C=O) groups excluding carboxylic acids is 1. The van der Waals surface area contributed by atoms with Crippen LogP contribution in [0.1, 0.15) is 44.1 Å². The van der Waals surface area contributed by atoms with E-state index in [1.165, 1.54) is 12.8 Å². The quantitative estimate of drug-likeness (QED) is 0.787. The summed E-state index contributed by atoms with van der Waals surface area (Å²) in [6.45, 7) is 5.74. The molecule has 0 atom stereocenters. The predicted octanol–water partition coefficient (Wildman–Crippen LogP) is 3.69. The minimum atomic E-state index is 0. The van der Waals surface area contributed by atoms with Crippen molar-refractivity contribution in [1.29, 1.82) is 0 Å². The molecule has 0 aromatic heterocycles. The Balaban J connectivity index is 0.00000243. The highest BCUT2D eigenvalue weighted by molar-refractivity contribution is 5.90. The molecule has 6 heteroatoms. The Morgan fingerprint density at radius 1 is 1.23 bits per heavy atom. The van der Waals surface area contributed by atoms with Crippen LogP contribution in [0.25, 0.3) is 0 Å². The Labute approximate surface area is 162 Å². The van der Waals surface area contributed by atoms with E-state index in [0.29, 0.717) is 12.3 Å². The van der Waals surface area contributed by atoms with Crippen molar-refractivity contribution in [2.45, 2.75) is 51.6 Å². The smallest absolute Gasteiger partial charge is 0.224 e. The number of hydrogen-bond acceptors (Lipinski definition) is 4. The van der Waals surface area contributed by atoms with Crippen LogP contribution in [-0.2, 0) is 9.53 Å². The van der Waals surface area contributed by atoms with E-state index < -0.39 is 0 Å². The van der Waals surface area contributed by atoms with E-state index >= 15 is 0 Å². The van der Waals surface area contributed by atoms with Crippen molar-refractivity contribution in [2.75, 3.05) is 31.6 Å². The summed E-state index contributed by atoms with van der Waals surface area (Å²) in [5, 5.41) is 6.39. The summed E-state index contributed by atoms with van der Waals surface area (Å²) in [5.41, 5.74) is 1.91. The molecule has 1 amide bonds. The second kappa shape index (κ2) is 10.8. The molecule has 146 valence electrons. The fourth-order valence-electron chi connectivity index (χ4n) is 3.56. The minimum absolute atomic E-state index is 0. The Hall–Kier alpha value is -1.30. The summed E-state index contributed by atoms with van der Waals surface area (Å²) >= 11 is 0. The first-order chi connectivity index (χ1) is 12.2. The highest BCUT2D eigenvalue weighted by Gasteiger charge is 2.17. The third kappa shape index (κ3) is 6.45. The highest BCUT2D eigenvalue weighted by atomic mass is 35.5. The van der Waals surface area contributed by atoms with Crippen LogP contribution in [0.5, 0.6) is 5.75 Å². The Kier molecular flexibility index (Phi) is 8.69. The van der Waals surface area contributed by atoms with Crippen molar-refractivity contribution in [2.24, 2.45) is 5.92 Å². The number of piperidine rings is 1. The molecule has 2 saturated heterocycles. The zero-order valence-corrected chi connectivity index (χ0v) is 16.4. The van der Waals surface area contributed by atoms with Crippen LogP contribution in [-0.4, -0.2) is 38.3 Å². The van der Waals surface area contributed by atoms with Crippen molar-refractivity contribution in [3.05, 3.63) is 23.8 Å². The number of halogens is 1. The van der Waals surface area contributed by atoms with Gasteiger partial charge in [-0.15, -0.1) is 12.4 Å². The average molecular weight is 383 g/mol. The van der Waals surface area contributed by atoms with Crippen molar-refractivity contribution in [3.63, 3.8) is 0 Å². The number of hydrogen-bond donors (Lipinski definition) is 2. The molecule has 0 bridgehead atoms. The number of rotatable bonds is 6. The summed E-state index contributed by atoms with van der Waals surface area (Å²) in [7, 11) is 0. The van der Waals surface area contributed by atoms with Gasteiger partial charge in [-0.1, -0.05) is 0 Å². The maximum Gasteiger partial charge on any atom is 0.224 e. The van der Waals surface area contributed by atoms with E-state index in [2.05, 4.69) is 10.6 Å². The molecule has 1 aromatic carbocycles. The molecule has 0 spiro atoms. The zero-order chi connectivity index (χ0) is 17.5. The maximum atomic E-state index is 12.2. The summed E-state index contributed by atoms with van der Waals surface area (Å²) in [5.74, 6) is 1.69. The summed E-state index contributed by atoms with van der Waals surface area (Å²) in [4.78, 5) is 12.2. The third-order valence-electron chi connectivity index (χ3n) is 5.16. The molecule has 0 aliphatic carbocycles. The highest BCUT2D eigenvalue weighted by Crippen LogP contribution is 2.25. The van der Waals surface area contributed by atoms with Crippen LogP contribution >= 0.6 is 12.4 Å². The molecule has 2 N–H and O–H groups in total. The molecule has 0 radical (unpaired) electrons. The topological polar surface area (TPSA) is 59.6 Å². The second-order valence-corrected chi connectivity index (χ2v) is 7.19. The molecule has 0 saturated carbocycles. The molecule has 1 aromatic rings. The Bertz CT molecular complexity index is 570.